The van der Waals surface area contributed by atoms with Gasteiger partial charge in [0.05, 0.1) is 24.4 Å². The highest BCUT2D eigenvalue weighted by Crippen LogP contribution is 2.25. The van der Waals surface area contributed by atoms with Gasteiger partial charge in [-0.2, -0.15) is 0 Å². The van der Waals surface area contributed by atoms with Gasteiger partial charge in [-0.15, -0.1) is 0 Å². The number of carbonyl (C=O) groups excluding carboxylic acids is 1. The Morgan fingerprint density at radius 3 is 2.73 bits per heavy atom. The quantitative estimate of drug-likeness (QED) is 0.871. The Bertz CT molecular complexity index is 786. The summed E-state index contributed by atoms with van der Waals surface area (Å²) in [5.74, 6) is -1.68. The molecule has 2 atom stereocenters. The lowest BCUT2D eigenvalue weighted by Gasteiger charge is -2.36. The zero-order valence-electron chi connectivity index (χ0n) is 14.2. The number of hydrogen-bond acceptors (Lipinski definition) is 3. The fourth-order valence-electron chi connectivity index (χ4n) is 2.90. The number of halogens is 3. The van der Waals surface area contributed by atoms with Crippen molar-refractivity contribution in [3.8, 4) is 0 Å². The average molecular weight is 381 g/mol. The Kier molecular flexibility index (Phi) is 5.86. The van der Waals surface area contributed by atoms with Gasteiger partial charge < -0.3 is 10.1 Å². The molecule has 1 heterocycles. The lowest BCUT2D eigenvalue weighted by molar-refractivity contribution is -0.124. The van der Waals surface area contributed by atoms with Crippen molar-refractivity contribution < 1.29 is 18.3 Å². The average Bonchev–Trinajstić information content (AvgIpc) is 2.64. The zero-order valence-corrected chi connectivity index (χ0v) is 15.0. The third-order valence-corrected chi connectivity index (χ3v) is 4.71. The normalized spacial score (nSPS) is 19.2. The summed E-state index contributed by atoms with van der Waals surface area (Å²) in [5.41, 5.74) is 0.812. The second-order valence-corrected chi connectivity index (χ2v) is 6.63. The number of carbonyl (C=O) groups is 1. The van der Waals surface area contributed by atoms with Crippen LogP contribution in [0.4, 0.5) is 14.5 Å². The van der Waals surface area contributed by atoms with E-state index in [0.29, 0.717) is 24.7 Å². The lowest BCUT2D eigenvalue weighted by atomic mass is 10.1. The van der Waals surface area contributed by atoms with Crippen molar-refractivity contribution >= 4 is 23.2 Å². The Morgan fingerprint density at radius 2 is 2.00 bits per heavy atom. The van der Waals surface area contributed by atoms with Gasteiger partial charge >= 0.3 is 0 Å². The van der Waals surface area contributed by atoms with E-state index in [1.807, 2.05) is 17.0 Å². The first-order chi connectivity index (χ1) is 12.4. The van der Waals surface area contributed by atoms with E-state index in [4.69, 9.17) is 16.3 Å². The number of amides is 1. The first-order valence-corrected chi connectivity index (χ1v) is 8.69. The van der Waals surface area contributed by atoms with Gasteiger partial charge in [0.25, 0.3) is 0 Å². The summed E-state index contributed by atoms with van der Waals surface area (Å²) < 4.78 is 32.8. The van der Waals surface area contributed by atoms with Gasteiger partial charge in [-0.05, 0) is 36.8 Å². The number of morpholine rings is 1. The number of benzene rings is 2. The summed E-state index contributed by atoms with van der Waals surface area (Å²) in [6.45, 7) is 3.29. The summed E-state index contributed by atoms with van der Waals surface area (Å²) >= 11 is 5.91. The molecule has 0 bridgehead atoms. The summed E-state index contributed by atoms with van der Waals surface area (Å²) in [4.78, 5) is 14.4. The third-order valence-electron chi connectivity index (χ3n) is 4.45. The van der Waals surface area contributed by atoms with Crippen LogP contribution in [0.3, 0.4) is 0 Å². The number of ether oxygens (including phenoxy) is 1. The maximum absolute atomic E-state index is 13.7. The van der Waals surface area contributed by atoms with Crippen LogP contribution in [0.1, 0.15) is 18.6 Å². The van der Waals surface area contributed by atoms with Crippen LogP contribution in [-0.4, -0.2) is 36.5 Å². The molecule has 0 radical (unpaired) electrons. The highest BCUT2D eigenvalue weighted by atomic mass is 35.5. The van der Waals surface area contributed by atoms with Gasteiger partial charge in [0.1, 0.15) is 11.6 Å². The van der Waals surface area contributed by atoms with E-state index in [1.54, 1.807) is 19.1 Å². The minimum atomic E-state index is -0.673. The fraction of sp³-hybridized carbons (Fsp3) is 0.316. The molecule has 1 saturated heterocycles. The van der Waals surface area contributed by atoms with E-state index < -0.39 is 23.6 Å². The summed E-state index contributed by atoms with van der Waals surface area (Å²) in [6, 6.07) is 9.82. The van der Waals surface area contributed by atoms with Crippen molar-refractivity contribution in [1.29, 1.82) is 0 Å². The molecule has 138 valence electrons. The largest absolute Gasteiger partial charge is 0.371 e. The van der Waals surface area contributed by atoms with E-state index in [1.165, 1.54) is 0 Å². The molecule has 7 heteroatoms. The molecule has 2 aromatic carbocycles. The number of nitrogens with one attached hydrogen (secondary N) is 1. The molecule has 0 aliphatic carbocycles. The highest BCUT2D eigenvalue weighted by Gasteiger charge is 2.29. The molecule has 0 aromatic heterocycles. The molecule has 1 N–H and O–H groups in total. The maximum Gasteiger partial charge on any atom is 0.241 e. The van der Waals surface area contributed by atoms with Crippen LogP contribution < -0.4 is 5.32 Å². The van der Waals surface area contributed by atoms with Gasteiger partial charge in [0, 0.05) is 24.2 Å². The lowest BCUT2D eigenvalue weighted by Crippen LogP contribution is -2.48. The molecule has 1 aliphatic heterocycles. The molecule has 0 spiro atoms. The van der Waals surface area contributed by atoms with Crippen LogP contribution in [0.2, 0.25) is 5.02 Å². The molecule has 1 amide bonds. The van der Waals surface area contributed by atoms with Crippen molar-refractivity contribution in [2.45, 2.75) is 19.1 Å². The van der Waals surface area contributed by atoms with Crippen LogP contribution in [0.15, 0.2) is 42.5 Å². The predicted molar refractivity (Wildman–Crippen MR) is 96.2 cm³/mol. The summed E-state index contributed by atoms with van der Waals surface area (Å²) in [6.07, 6.45) is -0.179. The first kappa shape index (κ1) is 18.8. The Morgan fingerprint density at radius 1 is 1.27 bits per heavy atom. The van der Waals surface area contributed by atoms with E-state index >= 15 is 0 Å². The molecule has 1 fully saturated rings. The van der Waals surface area contributed by atoms with Crippen LogP contribution in [0.25, 0.3) is 0 Å². The van der Waals surface area contributed by atoms with Crippen molar-refractivity contribution in [3.63, 3.8) is 0 Å². The van der Waals surface area contributed by atoms with E-state index in [0.717, 1.165) is 23.8 Å². The van der Waals surface area contributed by atoms with Gasteiger partial charge in [-0.25, -0.2) is 8.78 Å². The van der Waals surface area contributed by atoms with Gasteiger partial charge in [-0.3, -0.25) is 9.69 Å². The summed E-state index contributed by atoms with van der Waals surface area (Å²) in [5, 5.41) is 3.10. The van der Waals surface area contributed by atoms with Gasteiger partial charge in [0.15, 0.2) is 0 Å². The number of anilines is 1. The van der Waals surface area contributed by atoms with Gasteiger partial charge in [0.2, 0.25) is 5.91 Å². The molecule has 0 saturated carbocycles. The van der Waals surface area contributed by atoms with Crippen LogP contribution in [-0.2, 0) is 9.53 Å². The Labute approximate surface area is 155 Å². The standard InChI is InChI=1S/C19H19ClF2N2O2/c1-12(19(25)23-17-10-15(21)6-7-16(17)22)24-8-9-26-18(11-24)13-2-4-14(20)5-3-13/h2-7,10,12,18H,8-9,11H2,1H3,(H,23,25). The molecule has 2 unspecified atom stereocenters. The van der Waals surface area contributed by atoms with Crippen LogP contribution >= 0.6 is 11.6 Å². The van der Waals surface area contributed by atoms with Crippen molar-refractivity contribution in [2.24, 2.45) is 0 Å². The fourth-order valence-corrected chi connectivity index (χ4v) is 3.02. The molecule has 4 nitrogen and oxygen atoms in total. The predicted octanol–water partition coefficient (Wildman–Crippen LogP) is 4.02. The third kappa shape index (κ3) is 4.38. The van der Waals surface area contributed by atoms with Crippen molar-refractivity contribution in [2.75, 3.05) is 25.0 Å². The number of rotatable bonds is 4. The highest BCUT2D eigenvalue weighted by molar-refractivity contribution is 6.30. The summed E-state index contributed by atoms with van der Waals surface area (Å²) in [7, 11) is 0. The Balaban J connectivity index is 1.66. The maximum atomic E-state index is 13.7. The SMILES string of the molecule is CC(C(=O)Nc1cc(F)ccc1F)N1CCOC(c2ccc(Cl)cc2)C1. The van der Waals surface area contributed by atoms with E-state index in [2.05, 4.69) is 5.32 Å². The Hall–Kier alpha value is -2.02. The van der Waals surface area contributed by atoms with E-state index in [-0.39, 0.29) is 11.8 Å². The first-order valence-electron chi connectivity index (χ1n) is 8.31. The second kappa shape index (κ2) is 8.12. The van der Waals surface area contributed by atoms with Gasteiger partial charge in [-0.1, -0.05) is 23.7 Å². The van der Waals surface area contributed by atoms with Crippen molar-refractivity contribution in [1.82, 2.24) is 4.90 Å². The molecular weight excluding hydrogens is 362 g/mol. The van der Waals surface area contributed by atoms with Crippen molar-refractivity contribution in [3.05, 3.63) is 64.7 Å². The number of hydrogen-bond donors (Lipinski definition) is 1. The van der Waals surface area contributed by atoms with Crippen LogP contribution in [0, 0.1) is 11.6 Å². The smallest absolute Gasteiger partial charge is 0.241 e. The van der Waals surface area contributed by atoms with E-state index in [9.17, 15) is 13.6 Å². The molecule has 3 rings (SSSR count). The minimum absolute atomic E-state index is 0.163. The molecular formula is C19H19ClF2N2O2. The number of nitrogens with zero attached hydrogens (tertiary/aromatic N) is 1. The minimum Gasteiger partial charge on any atom is -0.371 e. The molecule has 2 aromatic rings. The topological polar surface area (TPSA) is 41.6 Å². The molecule has 26 heavy (non-hydrogen) atoms. The van der Waals surface area contributed by atoms with Crippen LogP contribution in [0.5, 0.6) is 0 Å². The molecule has 1 aliphatic rings. The second-order valence-electron chi connectivity index (χ2n) is 6.20. The monoisotopic (exact) mass is 380 g/mol. The zero-order chi connectivity index (χ0) is 18.7.